The fraction of sp³-hybridized carbons (Fsp3) is 0.211. The van der Waals surface area contributed by atoms with Crippen molar-refractivity contribution in [3.05, 3.63) is 70.0 Å². The number of aliphatic hydroxyl groups is 1. The van der Waals surface area contributed by atoms with Crippen LogP contribution in [0.5, 0.6) is 0 Å². The lowest BCUT2D eigenvalue weighted by Gasteiger charge is -2.14. The second-order valence-electron chi connectivity index (χ2n) is 6.00. The van der Waals surface area contributed by atoms with Crippen LogP contribution < -0.4 is 11.3 Å². The number of nitrogens with one attached hydrogen (secondary N) is 1. The molecule has 1 aliphatic carbocycles. The van der Waals surface area contributed by atoms with Gasteiger partial charge in [-0.05, 0) is 25.1 Å². The van der Waals surface area contributed by atoms with Crippen molar-refractivity contribution in [3.63, 3.8) is 0 Å². The van der Waals surface area contributed by atoms with Gasteiger partial charge < -0.3 is 15.6 Å². The number of nitrogens with two attached hydrogens (primary N) is 1. The summed E-state index contributed by atoms with van der Waals surface area (Å²) in [5.74, 6) is 0.244. The summed E-state index contributed by atoms with van der Waals surface area (Å²) in [6.45, 7) is 1.69. The normalized spacial score (nSPS) is 15.7. The number of para-hydroxylation sites is 1. The molecule has 4 N–H and O–H groups in total. The first-order chi connectivity index (χ1) is 12.9. The Morgan fingerprint density at radius 3 is 2.63 bits per heavy atom. The number of rotatable bonds is 5. The van der Waals surface area contributed by atoms with Gasteiger partial charge in [0.15, 0.2) is 5.69 Å². The van der Waals surface area contributed by atoms with Crippen molar-refractivity contribution in [1.29, 1.82) is 5.41 Å². The van der Waals surface area contributed by atoms with E-state index in [4.69, 9.17) is 21.0 Å². The van der Waals surface area contributed by atoms with Gasteiger partial charge in [0, 0.05) is 13.1 Å². The van der Waals surface area contributed by atoms with Crippen LogP contribution in [0.3, 0.4) is 0 Å². The molecule has 8 heteroatoms. The van der Waals surface area contributed by atoms with E-state index in [-0.39, 0.29) is 41.6 Å². The van der Waals surface area contributed by atoms with Crippen molar-refractivity contribution in [2.24, 2.45) is 17.8 Å². The lowest BCUT2D eigenvalue weighted by Crippen LogP contribution is -2.21. The molecule has 0 saturated heterocycles. The number of aliphatic imine (C=N–C) groups is 1. The van der Waals surface area contributed by atoms with E-state index in [1.54, 1.807) is 18.7 Å². The molecular formula is C19H21N5O3. The Labute approximate surface area is 156 Å². The molecule has 0 amide bonds. The standard InChI is InChI=1S/C19H21N5O3/c1-12-18(19(26)24(23(12)2)13-6-4-3-5-7-13)22-16-11-17(27-9-8-25)15(21)10-14(16)20/h3-7,10-11,21,25H,8-9,20H2,1-2H3. The third-order valence-corrected chi connectivity index (χ3v) is 4.23. The van der Waals surface area contributed by atoms with E-state index in [9.17, 15) is 4.79 Å². The molecule has 0 radical (unpaired) electrons. The zero-order valence-electron chi connectivity index (χ0n) is 15.1. The van der Waals surface area contributed by atoms with Crippen molar-refractivity contribution in [1.82, 2.24) is 9.36 Å². The second-order valence-corrected chi connectivity index (χ2v) is 6.00. The molecule has 8 nitrogen and oxygen atoms in total. The van der Waals surface area contributed by atoms with Crippen LogP contribution in [-0.2, 0) is 11.8 Å². The number of nitrogens with zero attached hydrogens (tertiary/aromatic N) is 3. The van der Waals surface area contributed by atoms with Crippen molar-refractivity contribution < 1.29 is 9.84 Å². The number of aromatic nitrogens is 2. The minimum atomic E-state index is -0.270. The molecule has 0 bridgehead atoms. The zero-order valence-corrected chi connectivity index (χ0v) is 15.1. The lowest BCUT2D eigenvalue weighted by molar-refractivity contribution is 0.156. The molecule has 1 heterocycles. The summed E-state index contributed by atoms with van der Waals surface area (Å²) in [5.41, 5.74) is 8.09. The molecule has 0 unspecified atom stereocenters. The molecule has 3 rings (SSSR count). The number of allylic oxidation sites excluding steroid dienone is 2. The maximum absolute atomic E-state index is 13.0. The van der Waals surface area contributed by atoms with Crippen molar-refractivity contribution >= 4 is 17.1 Å². The first kappa shape index (κ1) is 18.4. The molecule has 0 spiro atoms. The molecular weight excluding hydrogens is 346 g/mol. The highest BCUT2D eigenvalue weighted by molar-refractivity contribution is 6.22. The van der Waals surface area contributed by atoms with Crippen LogP contribution in [0.2, 0.25) is 0 Å². The van der Waals surface area contributed by atoms with Crippen LogP contribution in [0.25, 0.3) is 5.69 Å². The Morgan fingerprint density at radius 2 is 1.96 bits per heavy atom. The van der Waals surface area contributed by atoms with E-state index in [2.05, 4.69) is 4.99 Å². The Balaban J connectivity index is 2.09. The highest BCUT2D eigenvalue weighted by Gasteiger charge is 2.20. The van der Waals surface area contributed by atoms with E-state index in [0.717, 1.165) is 5.69 Å². The smallest absolute Gasteiger partial charge is 0.297 e. The third kappa shape index (κ3) is 3.47. The predicted octanol–water partition coefficient (Wildman–Crippen LogP) is 1.33. The topological polar surface area (TPSA) is 119 Å². The molecule has 0 saturated carbocycles. The second kappa shape index (κ2) is 7.46. The average Bonchev–Trinajstić information content (AvgIpc) is 2.86. The van der Waals surface area contributed by atoms with Gasteiger partial charge in [-0.2, -0.15) is 0 Å². The molecule has 2 aromatic rings. The molecule has 1 aromatic heterocycles. The first-order valence-corrected chi connectivity index (χ1v) is 8.38. The quantitative estimate of drug-likeness (QED) is 0.691. The van der Waals surface area contributed by atoms with Gasteiger partial charge in [-0.25, -0.2) is 9.67 Å². The summed E-state index contributed by atoms with van der Waals surface area (Å²) in [5, 5.41) is 16.8. The van der Waals surface area contributed by atoms with Crippen LogP contribution in [0.1, 0.15) is 5.69 Å². The van der Waals surface area contributed by atoms with Gasteiger partial charge in [0.1, 0.15) is 12.4 Å². The van der Waals surface area contributed by atoms with Crippen LogP contribution in [0.4, 0.5) is 5.69 Å². The number of aliphatic hydroxyl groups excluding tert-OH is 1. The molecule has 1 aliphatic rings. The highest BCUT2D eigenvalue weighted by Crippen LogP contribution is 2.20. The van der Waals surface area contributed by atoms with E-state index in [1.165, 1.54) is 16.8 Å². The lowest BCUT2D eigenvalue weighted by atomic mass is 10.1. The monoisotopic (exact) mass is 367 g/mol. The number of benzene rings is 1. The fourth-order valence-electron chi connectivity index (χ4n) is 2.76. The Kier molecular flexibility index (Phi) is 5.09. The average molecular weight is 367 g/mol. The van der Waals surface area contributed by atoms with Crippen molar-refractivity contribution in [3.8, 4) is 5.69 Å². The van der Waals surface area contributed by atoms with Gasteiger partial charge in [-0.1, -0.05) is 18.2 Å². The summed E-state index contributed by atoms with van der Waals surface area (Å²) < 4.78 is 8.60. The maximum Gasteiger partial charge on any atom is 0.297 e. The van der Waals surface area contributed by atoms with E-state index < -0.39 is 0 Å². The Morgan fingerprint density at radius 1 is 1.26 bits per heavy atom. The summed E-state index contributed by atoms with van der Waals surface area (Å²) >= 11 is 0. The van der Waals surface area contributed by atoms with Crippen LogP contribution in [-0.4, -0.2) is 39.1 Å². The predicted molar refractivity (Wildman–Crippen MR) is 104 cm³/mol. The minimum Gasteiger partial charge on any atom is -0.489 e. The highest BCUT2D eigenvalue weighted by atomic mass is 16.5. The maximum atomic E-state index is 13.0. The number of ether oxygens (including phenoxy) is 1. The van der Waals surface area contributed by atoms with E-state index in [1.807, 2.05) is 30.3 Å². The van der Waals surface area contributed by atoms with Crippen molar-refractivity contribution in [2.45, 2.75) is 6.92 Å². The van der Waals surface area contributed by atoms with Gasteiger partial charge in [-0.3, -0.25) is 14.9 Å². The van der Waals surface area contributed by atoms with Gasteiger partial charge in [0.2, 0.25) is 0 Å². The summed E-state index contributed by atoms with van der Waals surface area (Å²) in [4.78, 5) is 17.4. The van der Waals surface area contributed by atoms with Crippen LogP contribution in [0, 0.1) is 12.3 Å². The first-order valence-electron chi connectivity index (χ1n) is 8.38. The van der Waals surface area contributed by atoms with Crippen molar-refractivity contribution in [2.75, 3.05) is 13.2 Å². The van der Waals surface area contributed by atoms with Crippen LogP contribution in [0.15, 0.2) is 63.7 Å². The molecule has 1 aromatic carbocycles. The van der Waals surface area contributed by atoms with Gasteiger partial charge >= 0.3 is 0 Å². The third-order valence-electron chi connectivity index (χ3n) is 4.23. The summed E-state index contributed by atoms with van der Waals surface area (Å²) in [6.07, 6.45) is 2.92. The summed E-state index contributed by atoms with van der Waals surface area (Å²) in [6, 6.07) is 9.28. The minimum absolute atomic E-state index is 0.0560. The fourth-order valence-corrected chi connectivity index (χ4v) is 2.76. The Hall–Kier alpha value is -3.39. The van der Waals surface area contributed by atoms with Gasteiger partial charge in [0.05, 0.1) is 35.1 Å². The zero-order chi connectivity index (χ0) is 19.6. The van der Waals surface area contributed by atoms with Gasteiger partial charge in [-0.15, -0.1) is 0 Å². The molecule has 27 heavy (non-hydrogen) atoms. The summed E-state index contributed by atoms with van der Waals surface area (Å²) in [7, 11) is 1.79. The molecule has 0 fully saturated rings. The largest absolute Gasteiger partial charge is 0.489 e. The SMILES string of the molecule is Cc1c(N=C2C=C(OCCO)C(=N)C=C2N)c(=O)n(-c2ccccc2)n1C. The molecule has 140 valence electrons. The molecule has 0 aliphatic heterocycles. The number of hydrogen-bond donors (Lipinski definition) is 3. The van der Waals surface area contributed by atoms with Gasteiger partial charge in [0.25, 0.3) is 5.56 Å². The molecule has 0 atom stereocenters. The van der Waals surface area contributed by atoms with Crippen LogP contribution >= 0.6 is 0 Å². The number of hydrogen-bond acceptors (Lipinski definition) is 6. The van der Waals surface area contributed by atoms with E-state index >= 15 is 0 Å². The Bertz CT molecular complexity index is 1030. The van der Waals surface area contributed by atoms with E-state index in [0.29, 0.717) is 11.4 Å².